The van der Waals surface area contributed by atoms with E-state index in [0.29, 0.717) is 18.1 Å². The Balaban J connectivity index is 1.32. The molecule has 6 heteroatoms. The lowest BCUT2D eigenvalue weighted by Gasteiger charge is -2.55. The lowest BCUT2D eigenvalue weighted by Crippen LogP contribution is -2.68. The van der Waals surface area contributed by atoms with Gasteiger partial charge in [-0.2, -0.15) is 0 Å². The summed E-state index contributed by atoms with van der Waals surface area (Å²) in [4.78, 5) is 9.90. The maximum atomic E-state index is 5.95. The fraction of sp³-hybridized carbons (Fsp3) is 0.950. The molecule has 4 atom stereocenters. The number of fused-ring (bicyclic) bond motifs is 1. The number of ether oxygens (including phenoxy) is 2. The van der Waals surface area contributed by atoms with E-state index < -0.39 is 0 Å². The van der Waals surface area contributed by atoms with E-state index in [-0.39, 0.29) is 5.41 Å². The van der Waals surface area contributed by atoms with Crippen molar-refractivity contribution in [3.05, 3.63) is 0 Å². The number of hydrogen-bond donors (Lipinski definition) is 1. The Labute approximate surface area is 158 Å². The molecule has 3 aliphatic heterocycles. The van der Waals surface area contributed by atoms with Gasteiger partial charge in [-0.3, -0.25) is 9.89 Å². The molecule has 26 heavy (non-hydrogen) atoms. The number of rotatable bonds is 4. The van der Waals surface area contributed by atoms with Crippen molar-refractivity contribution < 1.29 is 9.47 Å². The largest absolute Gasteiger partial charge is 0.381 e. The Kier molecular flexibility index (Phi) is 5.44. The van der Waals surface area contributed by atoms with E-state index in [9.17, 15) is 0 Å². The first-order valence-corrected chi connectivity index (χ1v) is 10.6. The lowest BCUT2D eigenvalue weighted by atomic mass is 9.57. The first kappa shape index (κ1) is 18.5. The number of aliphatic imine (C=N–C) groups is 1. The van der Waals surface area contributed by atoms with Gasteiger partial charge in [0.25, 0.3) is 0 Å². The molecule has 4 rings (SSSR count). The van der Waals surface area contributed by atoms with Crippen molar-refractivity contribution >= 4 is 5.96 Å². The van der Waals surface area contributed by atoms with Gasteiger partial charge in [0.1, 0.15) is 0 Å². The third-order valence-electron chi connectivity index (χ3n) is 6.91. The molecule has 0 aromatic rings. The van der Waals surface area contributed by atoms with Crippen LogP contribution in [0.5, 0.6) is 0 Å². The maximum Gasteiger partial charge on any atom is 0.194 e. The summed E-state index contributed by atoms with van der Waals surface area (Å²) in [5.74, 6) is 2.49. The van der Waals surface area contributed by atoms with E-state index in [1.165, 1.54) is 19.4 Å². The molecule has 0 amide bonds. The summed E-state index contributed by atoms with van der Waals surface area (Å²) in [5.41, 5.74) is 0.194. The number of hydrogen-bond acceptors (Lipinski definition) is 4. The molecule has 0 radical (unpaired) electrons. The van der Waals surface area contributed by atoms with Gasteiger partial charge in [0.05, 0.1) is 12.7 Å². The number of nitrogens with zero attached hydrogens (tertiary/aromatic N) is 3. The lowest BCUT2D eigenvalue weighted by molar-refractivity contribution is -0.107. The molecule has 0 bridgehead atoms. The number of guanidine groups is 1. The molecule has 3 heterocycles. The van der Waals surface area contributed by atoms with Crippen molar-refractivity contribution in [2.24, 2.45) is 22.2 Å². The van der Waals surface area contributed by atoms with Crippen molar-refractivity contribution in [3.63, 3.8) is 0 Å². The van der Waals surface area contributed by atoms with E-state index in [2.05, 4.69) is 35.9 Å². The molecule has 4 aliphatic rings. The summed E-state index contributed by atoms with van der Waals surface area (Å²) in [6.07, 6.45) is 2.84. The third-order valence-corrected chi connectivity index (χ3v) is 6.91. The zero-order chi connectivity index (χ0) is 18.1. The van der Waals surface area contributed by atoms with Crippen molar-refractivity contribution in [2.75, 3.05) is 59.1 Å². The van der Waals surface area contributed by atoms with E-state index in [0.717, 1.165) is 64.4 Å². The number of nitrogens with one attached hydrogen (secondary N) is 1. The normalized spacial score (nSPS) is 37.5. The van der Waals surface area contributed by atoms with Gasteiger partial charge in [0, 0.05) is 69.9 Å². The summed E-state index contributed by atoms with van der Waals surface area (Å²) in [6, 6.07) is 0.481. The molecule has 1 N–H and O–H groups in total. The van der Waals surface area contributed by atoms with E-state index in [1.54, 1.807) is 0 Å². The van der Waals surface area contributed by atoms with Gasteiger partial charge in [-0.25, -0.2) is 0 Å². The van der Waals surface area contributed by atoms with Crippen molar-refractivity contribution in [2.45, 2.75) is 45.8 Å². The SMILES string of the molecule is CCN=C(NC1C2CCOC2C1(C)C)N1CCN(CC2CCOC2)CC1. The molecule has 4 unspecified atom stereocenters. The van der Waals surface area contributed by atoms with Gasteiger partial charge >= 0.3 is 0 Å². The fourth-order valence-electron chi connectivity index (χ4n) is 5.38. The highest BCUT2D eigenvalue weighted by Crippen LogP contribution is 2.52. The second-order valence-corrected chi connectivity index (χ2v) is 9.00. The van der Waals surface area contributed by atoms with Gasteiger partial charge in [-0.15, -0.1) is 0 Å². The van der Waals surface area contributed by atoms with Crippen LogP contribution in [0.25, 0.3) is 0 Å². The van der Waals surface area contributed by atoms with Gasteiger partial charge in [0.15, 0.2) is 5.96 Å². The standard InChI is InChI=1S/C20H36N4O2/c1-4-21-19(22-17-16-6-12-26-18(16)20(17,2)3)24-9-7-23(8-10-24)13-15-5-11-25-14-15/h15-18H,4-14H2,1-3H3,(H,21,22). The zero-order valence-corrected chi connectivity index (χ0v) is 16.7. The Morgan fingerprint density at radius 1 is 1.15 bits per heavy atom. The molecular weight excluding hydrogens is 328 g/mol. The molecule has 0 spiro atoms. The van der Waals surface area contributed by atoms with Crippen LogP contribution in [0.1, 0.15) is 33.6 Å². The molecule has 0 aromatic carbocycles. The van der Waals surface area contributed by atoms with E-state index >= 15 is 0 Å². The summed E-state index contributed by atoms with van der Waals surface area (Å²) in [5, 5.41) is 3.83. The highest BCUT2D eigenvalue weighted by Gasteiger charge is 2.59. The maximum absolute atomic E-state index is 5.95. The van der Waals surface area contributed by atoms with Crippen molar-refractivity contribution in [1.82, 2.24) is 15.1 Å². The molecule has 148 valence electrons. The molecule has 6 nitrogen and oxygen atoms in total. The predicted molar refractivity (Wildman–Crippen MR) is 103 cm³/mol. The predicted octanol–water partition coefficient (Wildman–Crippen LogP) is 1.42. The Morgan fingerprint density at radius 3 is 2.65 bits per heavy atom. The second kappa shape index (κ2) is 7.64. The van der Waals surface area contributed by atoms with Crippen LogP contribution in [0, 0.1) is 17.3 Å². The Morgan fingerprint density at radius 2 is 1.96 bits per heavy atom. The van der Waals surface area contributed by atoms with Crippen LogP contribution in [-0.4, -0.2) is 87.0 Å². The van der Waals surface area contributed by atoms with Gasteiger partial charge in [-0.1, -0.05) is 13.8 Å². The summed E-state index contributed by atoms with van der Waals surface area (Å²) in [7, 11) is 0. The minimum Gasteiger partial charge on any atom is -0.381 e. The van der Waals surface area contributed by atoms with Crippen LogP contribution in [-0.2, 0) is 9.47 Å². The van der Waals surface area contributed by atoms with Crippen LogP contribution in [0.15, 0.2) is 4.99 Å². The smallest absolute Gasteiger partial charge is 0.194 e. The van der Waals surface area contributed by atoms with Crippen LogP contribution in [0.4, 0.5) is 0 Å². The average Bonchev–Trinajstić information content (AvgIpc) is 3.30. The van der Waals surface area contributed by atoms with Gasteiger partial charge in [0.2, 0.25) is 0 Å². The minimum absolute atomic E-state index is 0.194. The first-order valence-electron chi connectivity index (χ1n) is 10.6. The summed E-state index contributed by atoms with van der Waals surface area (Å²) in [6.45, 7) is 16.0. The van der Waals surface area contributed by atoms with E-state index in [4.69, 9.17) is 14.5 Å². The molecule has 1 aliphatic carbocycles. The van der Waals surface area contributed by atoms with Crippen LogP contribution >= 0.6 is 0 Å². The molecule has 4 fully saturated rings. The highest BCUT2D eigenvalue weighted by molar-refractivity contribution is 5.80. The molecule has 0 aromatic heterocycles. The zero-order valence-electron chi connectivity index (χ0n) is 16.7. The Hall–Kier alpha value is -0.850. The van der Waals surface area contributed by atoms with Crippen LogP contribution in [0.3, 0.4) is 0 Å². The first-order chi connectivity index (χ1) is 12.6. The second-order valence-electron chi connectivity index (χ2n) is 9.00. The van der Waals surface area contributed by atoms with Crippen molar-refractivity contribution in [3.8, 4) is 0 Å². The molecule has 1 saturated carbocycles. The quantitative estimate of drug-likeness (QED) is 0.604. The van der Waals surface area contributed by atoms with Gasteiger partial charge < -0.3 is 19.7 Å². The molecule has 3 saturated heterocycles. The monoisotopic (exact) mass is 364 g/mol. The van der Waals surface area contributed by atoms with Crippen LogP contribution < -0.4 is 5.32 Å². The molecular formula is C20H36N4O2. The fourth-order valence-corrected chi connectivity index (χ4v) is 5.38. The minimum atomic E-state index is 0.194. The average molecular weight is 365 g/mol. The van der Waals surface area contributed by atoms with Crippen LogP contribution in [0.2, 0.25) is 0 Å². The highest BCUT2D eigenvalue weighted by atomic mass is 16.5. The van der Waals surface area contributed by atoms with Crippen molar-refractivity contribution in [1.29, 1.82) is 0 Å². The third kappa shape index (κ3) is 3.48. The summed E-state index contributed by atoms with van der Waals surface area (Å²) >= 11 is 0. The summed E-state index contributed by atoms with van der Waals surface area (Å²) < 4.78 is 11.5. The number of piperazine rings is 1. The van der Waals surface area contributed by atoms with Gasteiger partial charge in [-0.05, 0) is 25.7 Å². The topological polar surface area (TPSA) is 49.3 Å². The van der Waals surface area contributed by atoms with E-state index in [1.807, 2.05) is 0 Å². The Bertz CT molecular complexity index is 510.